The SMILES string of the molecule is CS(=O)(=O)[O-].[Sn+4]. The summed E-state index contributed by atoms with van der Waals surface area (Å²) in [6, 6.07) is 0. The van der Waals surface area contributed by atoms with Crippen LogP contribution in [0.2, 0.25) is 0 Å². The molecule has 0 aromatic rings. The fourth-order valence-electron chi connectivity index (χ4n) is 0. The average Bonchev–Trinajstić information content (AvgIpc) is 0.722. The molecule has 0 saturated carbocycles. The predicted octanol–water partition coefficient (Wildman–Crippen LogP) is -1.22. The molecule has 32 valence electrons. The minimum Gasteiger partial charge on any atom is -0.748 e. The smallest absolute Gasteiger partial charge is 0.748 e. The molecule has 0 rings (SSSR count). The molecular formula is CH3O3SSn+3. The van der Waals surface area contributed by atoms with Gasteiger partial charge in [-0.2, -0.15) is 0 Å². The Morgan fingerprint density at radius 3 is 1.50 bits per heavy atom. The largest absolute Gasteiger partial charge is 4.00 e. The fourth-order valence-corrected chi connectivity index (χ4v) is 0. The average molecular weight is 214 g/mol. The Kier molecular flexibility index (Phi) is 4.62. The van der Waals surface area contributed by atoms with Crippen LogP contribution in [-0.2, 0) is 10.1 Å². The zero-order valence-electron chi connectivity index (χ0n) is 3.13. The summed E-state index contributed by atoms with van der Waals surface area (Å²) >= 11 is 0. The minimum atomic E-state index is -3.92. The van der Waals surface area contributed by atoms with E-state index < -0.39 is 10.1 Å². The van der Waals surface area contributed by atoms with Crippen LogP contribution in [0.1, 0.15) is 0 Å². The van der Waals surface area contributed by atoms with Crippen molar-refractivity contribution in [3.05, 3.63) is 0 Å². The number of rotatable bonds is 0. The van der Waals surface area contributed by atoms with E-state index in [4.69, 9.17) is 13.0 Å². The topological polar surface area (TPSA) is 57.2 Å². The first kappa shape index (κ1) is 9.86. The summed E-state index contributed by atoms with van der Waals surface area (Å²) in [4.78, 5) is 0. The molecule has 0 amide bonds. The Labute approximate surface area is 53.4 Å². The monoisotopic (exact) mass is 215 g/mol. The van der Waals surface area contributed by atoms with Crippen LogP contribution in [0.25, 0.3) is 0 Å². The van der Waals surface area contributed by atoms with E-state index in [0.717, 1.165) is 0 Å². The molecule has 0 bridgehead atoms. The summed E-state index contributed by atoms with van der Waals surface area (Å²) < 4.78 is 27.2. The summed E-state index contributed by atoms with van der Waals surface area (Å²) in [7, 11) is -3.92. The second-order valence-corrected chi connectivity index (χ2v) is 2.11. The van der Waals surface area contributed by atoms with Crippen molar-refractivity contribution in [3.8, 4) is 0 Å². The third kappa shape index (κ3) is 129. The second-order valence-electron chi connectivity index (χ2n) is 0.704. The first-order valence-corrected chi connectivity index (χ1v) is 2.72. The normalized spacial score (nSPS) is 9.67. The third-order valence-corrected chi connectivity index (χ3v) is 0. The van der Waals surface area contributed by atoms with Crippen LogP contribution in [-0.4, -0.2) is 43.1 Å². The molecule has 0 fully saturated rings. The molecule has 0 unspecified atom stereocenters. The molecule has 0 aromatic heterocycles. The van der Waals surface area contributed by atoms with E-state index in [0.29, 0.717) is 6.26 Å². The van der Waals surface area contributed by atoms with Gasteiger partial charge < -0.3 is 4.55 Å². The molecule has 0 atom stereocenters. The Morgan fingerprint density at radius 1 is 1.50 bits per heavy atom. The van der Waals surface area contributed by atoms with Crippen LogP contribution in [0.3, 0.4) is 0 Å². The van der Waals surface area contributed by atoms with E-state index in [1.807, 2.05) is 0 Å². The van der Waals surface area contributed by atoms with Crippen molar-refractivity contribution >= 4 is 34.0 Å². The van der Waals surface area contributed by atoms with Gasteiger partial charge >= 0.3 is 23.9 Å². The molecule has 0 heterocycles. The summed E-state index contributed by atoms with van der Waals surface area (Å²) in [5, 5.41) is 0. The maximum absolute atomic E-state index is 9.08. The molecule has 0 radical (unpaired) electrons. The zero-order chi connectivity index (χ0) is 4.50. The van der Waals surface area contributed by atoms with Crippen molar-refractivity contribution in [2.75, 3.05) is 6.26 Å². The molecule has 0 spiro atoms. The fraction of sp³-hybridized carbons (Fsp3) is 1.00. The van der Waals surface area contributed by atoms with Crippen LogP contribution in [0, 0.1) is 0 Å². The van der Waals surface area contributed by atoms with Gasteiger partial charge in [0.25, 0.3) is 0 Å². The Balaban J connectivity index is 0. The summed E-state index contributed by atoms with van der Waals surface area (Å²) in [5.74, 6) is 0. The van der Waals surface area contributed by atoms with E-state index >= 15 is 0 Å². The van der Waals surface area contributed by atoms with E-state index in [-0.39, 0.29) is 23.9 Å². The molecule has 0 saturated heterocycles. The van der Waals surface area contributed by atoms with E-state index in [2.05, 4.69) is 0 Å². The van der Waals surface area contributed by atoms with Crippen LogP contribution in [0.5, 0.6) is 0 Å². The van der Waals surface area contributed by atoms with Crippen molar-refractivity contribution in [2.24, 2.45) is 0 Å². The van der Waals surface area contributed by atoms with Gasteiger partial charge in [0.05, 0.1) is 10.1 Å². The van der Waals surface area contributed by atoms with Gasteiger partial charge in [0, 0.05) is 6.26 Å². The first-order chi connectivity index (χ1) is 2.00. The Morgan fingerprint density at radius 2 is 1.50 bits per heavy atom. The Bertz CT molecular complexity index is 94.0. The Hall–Kier alpha value is 0.709. The number of hydrogen-bond donors (Lipinski definition) is 0. The van der Waals surface area contributed by atoms with E-state index in [1.165, 1.54) is 0 Å². The van der Waals surface area contributed by atoms with Crippen molar-refractivity contribution < 1.29 is 13.0 Å². The van der Waals surface area contributed by atoms with Gasteiger partial charge in [-0.15, -0.1) is 0 Å². The summed E-state index contributed by atoms with van der Waals surface area (Å²) in [6.45, 7) is 0. The van der Waals surface area contributed by atoms with Gasteiger partial charge in [0.2, 0.25) is 0 Å². The van der Waals surface area contributed by atoms with Crippen LogP contribution in [0.15, 0.2) is 0 Å². The zero-order valence-corrected chi connectivity index (χ0v) is 6.80. The van der Waals surface area contributed by atoms with Crippen molar-refractivity contribution in [1.29, 1.82) is 0 Å². The molecule has 0 aromatic carbocycles. The van der Waals surface area contributed by atoms with Gasteiger partial charge in [-0.05, 0) is 0 Å². The maximum atomic E-state index is 9.08. The van der Waals surface area contributed by atoms with Gasteiger partial charge in [-0.1, -0.05) is 0 Å². The minimum absolute atomic E-state index is 0. The quantitative estimate of drug-likeness (QED) is 0.375. The molecule has 0 aliphatic carbocycles. The molecular weight excluding hydrogens is 211 g/mol. The standard InChI is InChI=1S/CH4O3S.Sn/c1-5(2,3)4;/h1H3,(H,2,3,4);/q;+4/p-1. The van der Waals surface area contributed by atoms with Gasteiger partial charge in [0.1, 0.15) is 0 Å². The third-order valence-electron chi connectivity index (χ3n) is 0. The first-order valence-electron chi connectivity index (χ1n) is 0.908. The van der Waals surface area contributed by atoms with Crippen LogP contribution < -0.4 is 0 Å². The van der Waals surface area contributed by atoms with Gasteiger partial charge in [0.15, 0.2) is 0 Å². The molecule has 6 heavy (non-hydrogen) atoms. The molecule has 0 aliphatic rings. The van der Waals surface area contributed by atoms with Crippen molar-refractivity contribution in [1.82, 2.24) is 0 Å². The van der Waals surface area contributed by atoms with Gasteiger partial charge in [-0.25, -0.2) is 8.42 Å². The van der Waals surface area contributed by atoms with Crippen molar-refractivity contribution in [2.45, 2.75) is 0 Å². The maximum Gasteiger partial charge on any atom is 4.00 e. The van der Waals surface area contributed by atoms with E-state index in [9.17, 15) is 0 Å². The van der Waals surface area contributed by atoms with Crippen LogP contribution >= 0.6 is 0 Å². The summed E-state index contributed by atoms with van der Waals surface area (Å²) in [6.07, 6.45) is 0.604. The molecule has 0 N–H and O–H groups in total. The predicted molar refractivity (Wildman–Crippen MR) is 21.4 cm³/mol. The molecule has 3 nitrogen and oxygen atoms in total. The van der Waals surface area contributed by atoms with Gasteiger partial charge in [-0.3, -0.25) is 0 Å². The number of hydrogen-bond acceptors (Lipinski definition) is 3. The summed E-state index contributed by atoms with van der Waals surface area (Å²) in [5.41, 5.74) is 0. The van der Waals surface area contributed by atoms with Crippen LogP contribution in [0.4, 0.5) is 0 Å². The van der Waals surface area contributed by atoms with E-state index in [1.54, 1.807) is 0 Å². The molecule has 0 aliphatic heterocycles. The van der Waals surface area contributed by atoms with Crippen molar-refractivity contribution in [3.63, 3.8) is 0 Å². The molecule has 5 heteroatoms. The second kappa shape index (κ2) is 2.81.